The summed E-state index contributed by atoms with van der Waals surface area (Å²) in [5.74, 6) is 1.01. The summed E-state index contributed by atoms with van der Waals surface area (Å²) in [5.41, 5.74) is 0.440. The van der Waals surface area contributed by atoms with E-state index in [-0.39, 0.29) is 17.4 Å². The van der Waals surface area contributed by atoms with Crippen LogP contribution in [0.1, 0.15) is 49.9 Å². The molecule has 0 heterocycles. The third kappa shape index (κ3) is 2.88. The fraction of sp³-hybridized carbons (Fsp3) is 0.588. The topological polar surface area (TPSA) is 29.5 Å². The van der Waals surface area contributed by atoms with Gasteiger partial charge >= 0.3 is 0 Å². The molecule has 0 unspecified atom stereocenters. The number of ether oxygens (including phenoxy) is 1. The molecular weight excluding hydrogens is 250 g/mol. The molecule has 0 N–H and O–H groups in total. The maximum atomic E-state index is 13.0. The van der Waals surface area contributed by atoms with Gasteiger partial charge in [0.1, 0.15) is 5.75 Å². The van der Waals surface area contributed by atoms with Gasteiger partial charge in [-0.3, -0.25) is 9.69 Å². The van der Waals surface area contributed by atoms with Crippen molar-refractivity contribution in [3.63, 3.8) is 0 Å². The van der Waals surface area contributed by atoms with E-state index in [2.05, 4.69) is 4.90 Å². The highest BCUT2D eigenvalue weighted by Crippen LogP contribution is 2.37. The Morgan fingerprint density at radius 3 is 2.45 bits per heavy atom. The zero-order valence-corrected chi connectivity index (χ0v) is 13.0. The Morgan fingerprint density at radius 2 is 1.90 bits per heavy atom. The molecule has 1 fully saturated rings. The van der Waals surface area contributed by atoms with Crippen LogP contribution < -0.4 is 4.74 Å². The minimum atomic E-state index is -0.323. The first-order chi connectivity index (χ1) is 9.45. The Kier molecular flexibility index (Phi) is 4.48. The minimum Gasteiger partial charge on any atom is -0.491 e. The molecule has 0 aromatic heterocycles. The molecule has 0 saturated heterocycles. The highest BCUT2D eigenvalue weighted by molar-refractivity contribution is 6.03. The average molecular weight is 275 g/mol. The van der Waals surface area contributed by atoms with Crippen LogP contribution in [0.25, 0.3) is 0 Å². The van der Waals surface area contributed by atoms with Crippen molar-refractivity contribution in [2.75, 3.05) is 14.1 Å². The maximum absolute atomic E-state index is 13.0. The van der Waals surface area contributed by atoms with Gasteiger partial charge in [-0.05, 0) is 52.9 Å². The van der Waals surface area contributed by atoms with Gasteiger partial charge in [0.05, 0.1) is 11.6 Å². The van der Waals surface area contributed by atoms with Crippen molar-refractivity contribution in [2.24, 2.45) is 0 Å². The molecule has 0 bridgehead atoms. The van der Waals surface area contributed by atoms with Crippen LogP contribution >= 0.6 is 0 Å². The van der Waals surface area contributed by atoms with Crippen LogP contribution in [-0.4, -0.2) is 36.4 Å². The minimum absolute atomic E-state index is 0.120. The van der Waals surface area contributed by atoms with E-state index in [1.807, 2.05) is 52.2 Å². The van der Waals surface area contributed by atoms with Gasteiger partial charge in [-0.15, -0.1) is 0 Å². The number of rotatable bonds is 5. The number of likely N-dealkylation sites (N-methyl/N-ethyl adjacent to an activating group) is 1. The number of benzene rings is 1. The lowest BCUT2D eigenvalue weighted by molar-refractivity contribution is 0.0692. The molecular formula is C17H25NO2. The van der Waals surface area contributed by atoms with E-state index in [1.54, 1.807) is 0 Å². The molecule has 1 saturated carbocycles. The SMILES string of the molecule is CC(C)Oc1cccc(C(=O)C2(N(C)C)CCCC2)c1. The first-order valence-electron chi connectivity index (χ1n) is 7.45. The van der Waals surface area contributed by atoms with Crippen molar-refractivity contribution in [1.82, 2.24) is 4.90 Å². The zero-order chi connectivity index (χ0) is 14.8. The van der Waals surface area contributed by atoms with Gasteiger partial charge in [-0.2, -0.15) is 0 Å². The molecule has 2 rings (SSSR count). The number of carbonyl (C=O) groups is 1. The third-order valence-corrected chi connectivity index (χ3v) is 4.18. The Labute approximate surface area is 121 Å². The van der Waals surface area contributed by atoms with Crippen molar-refractivity contribution in [2.45, 2.75) is 51.2 Å². The lowest BCUT2D eigenvalue weighted by Crippen LogP contribution is -2.48. The number of carbonyl (C=O) groups excluding carboxylic acids is 1. The van der Waals surface area contributed by atoms with E-state index in [1.165, 1.54) is 0 Å². The Morgan fingerprint density at radius 1 is 1.25 bits per heavy atom. The summed E-state index contributed by atoms with van der Waals surface area (Å²) in [6, 6.07) is 7.60. The lowest BCUT2D eigenvalue weighted by Gasteiger charge is -2.34. The number of Topliss-reactive ketones (excluding diaryl/α,β-unsaturated/α-hetero) is 1. The first kappa shape index (κ1) is 15.0. The predicted molar refractivity (Wildman–Crippen MR) is 81.4 cm³/mol. The fourth-order valence-electron chi connectivity index (χ4n) is 3.09. The summed E-state index contributed by atoms with van der Waals surface area (Å²) < 4.78 is 5.70. The summed E-state index contributed by atoms with van der Waals surface area (Å²) >= 11 is 0. The van der Waals surface area contributed by atoms with Crippen LogP contribution in [0.4, 0.5) is 0 Å². The molecule has 20 heavy (non-hydrogen) atoms. The number of hydrogen-bond donors (Lipinski definition) is 0. The molecule has 1 aromatic carbocycles. The second-order valence-electron chi connectivity index (χ2n) is 6.16. The Hall–Kier alpha value is -1.35. The molecule has 0 radical (unpaired) electrons. The van der Waals surface area contributed by atoms with Gasteiger partial charge < -0.3 is 4.74 Å². The standard InChI is InChI=1S/C17H25NO2/c1-13(2)20-15-9-7-8-14(12-15)16(19)17(18(3)4)10-5-6-11-17/h7-9,12-13H,5-6,10-11H2,1-4H3. The van der Waals surface area contributed by atoms with Gasteiger partial charge in [0.2, 0.25) is 0 Å². The monoisotopic (exact) mass is 275 g/mol. The highest BCUT2D eigenvalue weighted by atomic mass is 16.5. The molecule has 0 spiro atoms. The van der Waals surface area contributed by atoms with Crippen LogP contribution in [0.5, 0.6) is 5.75 Å². The summed E-state index contributed by atoms with van der Waals surface area (Å²) in [5, 5.41) is 0. The van der Waals surface area contributed by atoms with Crippen molar-refractivity contribution >= 4 is 5.78 Å². The predicted octanol–water partition coefficient (Wildman–Crippen LogP) is 3.53. The number of hydrogen-bond acceptors (Lipinski definition) is 3. The number of ketones is 1. The van der Waals surface area contributed by atoms with E-state index < -0.39 is 0 Å². The maximum Gasteiger partial charge on any atom is 0.183 e. The summed E-state index contributed by atoms with van der Waals surface area (Å²) in [4.78, 5) is 15.0. The van der Waals surface area contributed by atoms with Gasteiger partial charge in [0.15, 0.2) is 5.78 Å². The highest BCUT2D eigenvalue weighted by Gasteiger charge is 2.43. The third-order valence-electron chi connectivity index (χ3n) is 4.18. The van der Waals surface area contributed by atoms with Gasteiger partial charge in [-0.1, -0.05) is 25.0 Å². The molecule has 1 aromatic rings. The van der Waals surface area contributed by atoms with Crippen LogP contribution in [-0.2, 0) is 0 Å². The second-order valence-corrected chi connectivity index (χ2v) is 6.16. The normalized spacial score (nSPS) is 17.7. The van der Waals surface area contributed by atoms with Crippen LogP contribution in [0.2, 0.25) is 0 Å². The molecule has 0 amide bonds. The molecule has 1 aliphatic carbocycles. The Balaban J connectivity index is 2.28. The smallest absolute Gasteiger partial charge is 0.183 e. The molecule has 0 aliphatic heterocycles. The lowest BCUT2D eigenvalue weighted by atomic mass is 9.86. The zero-order valence-electron chi connectivity index (χ0n) is 13.0. The average Bonchev–Trinajstić information content (AvgIpc) is 2.88. The van der Waals surface area contributed by atoms with E-state index in [9.17, 15) is 4.79 Å². The Bertz CT molecular complexity index is 474. The molecule has 3 nitrogen and oxygen atoms in total. The second kappa shape index (κ2) is 5.96. The van der Waals surface area contributed by atoms with Crippen molar-refractivity contribution in [3.05, 3.63) is 29.8 Å². The summed E-state index contributed by atoms with van der Waals surface area (Å²) in [6.07, 6.45) is 4.29. The van der Waals surface area contributed by atoms with E-state index >= 15 is 0 Å². The molecule has 0 atom stereocenters. The fourth-order valence-corrected chi connectivity index (χ4v) is 3.09. The molecule has 1 aliphatic rings. The van der Waals surface area contributed by atoms with E-state index in [0.29, 0.717) is 0 Å². The summed E-state index contributed by atoms with van der Waals surface area (Å²) in [6.45, 7) is 3.99. The van der Waals surface area contributed by atoms with Crippen molar-refractivity contribution in [3.8, 4) is 5.75 Å². The van der Waals surface area contributed by atoms with Crippen LogP contribution in [0, 0.1) is 0 Å². The molecule has 3 heteroatoms. The van der Waals surface area contributed by atoms with Gasteiger partial charge in [-0.25, -0.2) is 0 Å². The molecule has 110 valence electrons. The largest absolute Gasteiger partial charge is 0.491 e. The van der Waals surface area contributed by atoms with Crippen LogP contribution in [0.3, 0.4) is 0 Å². The van der Waals surface area contributed by atoms with Gasteiger partial charge in [0.25, 0.3) is 0 Å². The number of nitrogens with zero attached hydrogens (tertiary/aromatic N) is 1. The quantitative estimate of drug-likeness (QED) is 0.770. The van der Waals surface area contributed by atoms with E-state index in [0.717, 1.165) is 37.0 Å². The van der Waals surface area contributed by atoms with Crippen molar-refractivity contribution < 1.29 is 9.53 Å². The van der Waals surface area contributed by atoms with Crippen LogP contribution in [0.15, 0.2) is 24.3 Å². The van der Waals surface area contributed by atoms with Crippen molar-refractivity contribution in [1.29, 1.82) is 0 Å². The van der Waals surface area contributed by atoms with Gasteiger partial charge in [0, 0.05) is 5.56 Å². The first-order valence-corrected chi connectivity index (χ1v) is 7.45. The van der Waals surface area contributed by atoms with E-state index in [4.69, 9.17) is 4.74 Å². The summed E-state index contributed by atoms with van der Waals surface area (Å²) in [7, 11) is 4.02.